The van der Waals surface area contributed by atoms with Crippen molar-refractivity contribution >= 4 is 23.2 Å². The molecule has 3 aliphatic rings. The number of nitrogens with zero attached hydrogens (tertiary/aromatic N) is 4. The monoisotopic (exact) mass is 401 g/mol. The van der Waals surface area contributed by atoms with Crippen LogP contribution < -0.4 is 15.8 Å². The van der Waals surface area contributed by atoms with Gasteiger partial charge in [0, 0.05) is 38.8 Å². The highest BCUT2D eigenvalue weighted by molar-refractivity contribution is 6.33. The number of anilines is 1. The number of fused-ring (bicyclic) bond motifs is 2. The number of hydrogen-bond donors (Lipinski definition) is 1. The minimum atomic E-state index is -0.284. The number of carbonyl (C=O) groups excluding carboxylic acids is 1. The maximum Gasteiger partial charge on any atom is 0.287 e. The van der Waals surface area contributed by atoms with Crippen molar-refractivity contribution in [2.24, 2.45) is 7.05 Å². The van der Waals surface area contributed by atoms with Crippen molar-refractivity contribution in [3.8, 4) is 0 Å². The summed E-state index contributed by atoms with van der Waals surface area (Å²) in [4.78, 5) is 28.7. The molecule has 0 radical (unpaired) electrons. The van der Waals surface area contributed by atoms with E-state index in [1.54, 1.807) is 13.2 Å². The molecule has 1 aromatic carbocycles. The molecular weight excluding hydrogens is 378 g/mol. The molecule has 2 aromatic rings. The molecule has 28 heavy (non-hydrogen) atoms. The average molecular weight is 402 g/mol. The highest BCUT2D eigenvalue weighted by Gasteiger charge is 2.45. The normalized spacial score (nSPS) is 21.3. The van der Waals surface area contributed by atoms with E-state index in [2.05, 4.69) is 32.3 Å². The number of aryl methyl sites for hydroxylation is 1. The van der Waals surface area contributed by atoms with E-state index in [4.69, 9.17) is 11.6 Å². The van der Waals surface area contributed by atoms with Crippen molar-refractivity contribution in [3.05, 3.63) is 57.5 Å². The Balaban J connectivity index is 1.28. The van der Waals surface area contributed by atoms with Gasteiger partial charge in [0.2, 0.25) is 5.91 Å². The van der Waals surface area contributed by atoms with E-state index in [1.807, 2.05) is 18.2 Å². The number of carbonyl (C=O) groups is 1. The van der Waals surface area contributed by atoms with Gasteiger partial charge in [-0.1, -0.05) is 41.9 Å². The molecule has 8 heteroatoms. The van der Waals surface area contributed by atoms with Crippen molar-refractivity contribution < 1.29 is 4.79 Å². The lowest BCUT2D eigenvalue weighted by Crippen LogP contribution is -2.70. The highest BCUT2D eigenvalue weighted by Crippen LogP contribution is 2.35. The molecule has 7 nitrogen and oxygen atoms in total. The lowest BCUT2D eigenvalue weighted by atomic mass is 9.87. The molecule has 5 rings (SSSR count). The van der Waals surface area contributed by atoms with Gasteiger partial charge in [-0.2, -0.15) is 5.10 Å². The molecule has 148 valence electrons. The number of halogens is 1. The van der Waals surface area contributed by atoms with Gasteiger partial charge in [0.25, 0.3) is 5.56 Å². The van der Waals surface area contributed by atoms with Gasteiger partial charge in [-0.15, -0.1) is 0 Å². The molecule has 1 aromatic heterocycles. The standard InChI is InChI=1S/C20H24ClN5O2/c1-24-20(28)19(21)17(10-23-24)25-11-15-9-16(12-25)26(15)13-18(27)22-8-7-14-5-3-2-4-6-14/h2-6,10,15-16H,7-9,11-13H2,1H3,(H,22,27). The SMILES string of the molecule is Cn1ncc(N2CC3CC(C2)N3CC(=O)NCCc2ccccc2)c(Cl)c1=O. The number of hydrogen-bond acceptors (Lipinski definition) is 5. The predicted octanol–water partition coefficient (Wildman–Crippen LogP) is 1.06. The summed E-state index contributed by atoms with van der Waals surface area (Å²) in [6, 6.07) is 10.8. The van der Waals surface area contributed by atoms with E-state index >= 15 is 0 Å². The van der Waals surface area contributed by atoms with Crippen LogP contribution in [-0.4, -0.2) is 58.9 Å². The summed E-state index contributed by atoms with van der Waals surface area (Å²) in [6.07, 6.45) is 3.56. The smallest absolute Gasteiger partial charge is 0.287 e. The quantitative estimate of drug-likeness (QED) is 0.783. The number of aromatic nitrogens is 2. The lowest BCUT2D eigenvalue weighted by molar-refractivity contribution is -0.126. The number of amides is 1. The Hall–Kier alpha value is -2.38. The van der Waals surface area contributed by atoms with Crippen LogP contribution in [0, 0.1) is 0 Å². The van der Waals surface area contributed by atoms with Crippen molar-refractivity contribution in [2.45, 2.75) is 24.9 Å². The van der Waals surface area contributed by atoms with Gasteiger partial charge in [-0.3, -0.25) is 14.5 Å². The van der Waals surface area contributed by atoms with E-state index < -0.39 is 0 Å². The van der Waals surface area contributed by atoms with Crippen LogP contribution in [0.15, 0.2) is 41.3 Å². The summed E-state index contributed by atoms with van der Waals surface area (Å²) in [6.45, 7) is 2.57. The fourth-order valence-corrected chi connectivity index (χ4v) is 4.37. The van der Waals surface area contributed by atoms with Gasteiger partial charge in [0.05, 0.1) is 18.4 Å². The molecule has 3 aliphatic heterocycles. The topological polar surface area (TPSA) is 70.5 Å². The summed E-state index contributed by atoms with van der Waals surface area (Å²) < 4.78 is 1.24. The molecule has 0 spiro atoms. The van der Waals surface area contributed by atoms with Crippen LogP contribution in [-0.2, 0) is 18.3 Å². The zero-order valence-corrected chi connectivity index (χ0v) is 16.6. The second kappa shape index (κ2) is 7.93. The molecule has 4 heterocycles. The van der Waals surface area contributed by atoms with Crippen LogP contribution in [0.4, 0.5) is 5.69 Å². The van der Waals surface area contributed by atoms with Crippen molar-refractivity contribution in [1.82, 2.24) is 20.0 Å². The van der Waals surface area contributed by atoms with Crippen LogP contribution in [0.1, 0.15) is 12.0 Å². The van der Waals surface area contributed by atoms with Crippen LogP contribution in [0.2, 0.25) is 5.02 Å². The first-order valence-electron chi connectivity index (χ1n) is 9.56. The second-order valence-electron chi connectivity index (χ2n) is 7.48. The largest absolute Gasteiger partial charge is 0.366 e. The Bertz CT molecular complexity index is 905. The zero-order chi connectivity index (χ0) is 19.7. The lowest BCUT2D eigenvalue weighted by Gasteiger charge is -2.56. The summed E-state index contributed by atoms with van der Waals surface area (Å²) in [5.41, 5.74) is 1.62. The average Bonchev–Trinajstić information content (AvgIpc) is 2.71. The van der Waals surface area contributed by atoms with Crippen molar-refractivity contribution in [3.63, 3.8) is 0 Å². The predicted molar refractivity (Wildman–Crippen MR) is 109 cm³/mol. The first-order valence-corrected chi connectivity index (χ1v) is 9.94. The Labute approximate surface area is 168 Å². The maximum atomic E-state index is 12.3. The van der Waals surface area contributed by atoms with E-state index in [1.165, 1.54) is 10.2 Å². The molecule has 1 N–H and O–H groups in total. The van der Waals surface area contributed by atoms with Gasteiger partial charge < -0.3 is 10.2 Å². The Morgan fingerprint density at radius 1 is 1.25 bits per heavy atom. The van der Waals surface area contributed by atoms with Crippen molar-refractivity contribution in [1.29, 1.82) is 0 Å². The zero-order valence-electron chi connectivity index (χ0n) is 15.8. The molecule has 2 bridgehead atoms. The highest BCUT2D eigenvalue weighted by atomic mass is 35.5. The molecule has 0 saturated carbocycles. The van der Waals surface area contributed by atoms with Gasteiger partial charge >= 0.3 is 0 Å². The van der Waals surface area contributed by atoms with Crippen molar-refractivity contribution in [2.75, 3.05) is 31.1 Å². The minimum absolute atomic E-state index is 0.0624. The van der Waals surface area contributed by atoms with Crippen LogP contribution in [0.25, 0.3) is 0 Å². The fourth-order valence-electron chi connectivity index (χ4n) is 4.08. The third-order valence-corrected chi connectivity index (χ3v) is 6.01. The van der Waals surface area contributed by atoms with Gasteiger partial charge in [-0.05, 0) is 18.4 Å². The molecular formula is C20H24ClN5O2. The van der Waals surface area contributed by atoms with Gasteiger partial charge in [0.15, 0.2) is 0 Å². The summed E-state index contributed by atoms with van der Waals surface area (Å²) in [5, 5.41) is 7.31. The number of benzene rings is 1. The summed E-state index contributed by atoms with van der Waals surface area (Å²) >= 11 is 6.23. The number of nitrogens with one attached hydrogen (secondary N) is 1. The van der Waals surface area contributed by atoms with Crippen LogP contribution >= 0.6 is 11.6 Å². The third-order valence-electron chi connectivity index (χ3n) is 5.65. The Morgan fingerprint density at radius 3 is 2.68 bits per heavy atom. The summed E-state index contributed by atoms with van der Waals surface area (Å²) in [7, 11) is 1.59. The number of piperazine rings is 1. The molecule has 2 atom stereocenters. The molecule has 2 unspecified atom stereocenters. The van der Waals surface area contributed by atoms with E-state index in [-0.39, 0.29) is 16.5 Å². The van der Waals surface area contributed by atoms with Crippen LogP contribution in [0.5, 0.6) is 0 Å². The fraction of sp³-hybridized carbons (Fsp3) is 0.450. The molecule has 1 amide bonds. The molecule has 0 aliphatic carbocycles. The second-order valence-corrected chi connectivity index (χ2v) is 7.86. The minimum Gasteiger partial charge on any atom is -0.366 e. The third kappa shape index (κ3) is 3.77. The molecule has 3 saturated heterocycles. The summed E-state index contributed by atoms with van der Waals surface area (Å²) in [5.74, 6) is 0.0624. The number of rotatable bonds is 6. The number of piperidine rings is 1. The Morgan fingerprint density at radius 2 is 1.96 bits per heavy atom. The van der Waals surface area contributed by atoms with Crippen LogP contribution in [0.3, 0.4) is 0 Å². The molecule has 3 fully saturated rings. The maximum absolute atomic E-state index is 12.3. The first kappa shape index (κ1) is 19.0. The van der Waals surface area contributed by atoms with E-state index in [0.717, 1.165) is 25.9 Å². The van der Waals surface area contributed by atoms with Gasteiger partial charge in [-0.25, -0.2) is 4.68 Å². The Kier molecular flexibility index (Phi) is 5.37. The van der Waals surface area contributed by atoms with E-state index in [0.29, 0.717) is 30.9 Å². The first-order chi connectivity index (χ1) is 13.5. The van der Waals surface area contributed by atoms with Gasteiger partial charge in [0.1, 0.15) is 5.02 Å². The van der Waals surface area contributed by atoms with E-state index in [9.17, 15) is 9.59 Å².